The summed E-state index contributed by atoms with van der Waals surface area (Å²) in [5.74, 6) is 0. The van der Waals surface area contributed by atoms with E-state index in [1.165, 1.54) is 0 Å². The third-order valence-electron chi connectivity index (χ3n) is 1.96. The minimum atomic E-state index is -1.81. The molecule has 0 fully saturated rings. The first-order chi connectivity index (χ1) is 7.20. The van der Waals surface area contributed by atoms with E-state index in [1.807, 2.05) is 18.2 Å². The molecule has 77 valence electrons. The maximum atomic E-state index is 10.8. The number of nitrogens with zero attached hydrogens (tertiary/aromatic N) is 1. The molecule has 0 saturated heterocycles. The molecule has 0 amide bonds. The van der Waals surface area contributed by atoms with Crippen LogP contribution in [0.15, 0.2) is 30.0 Å². The van der Waals surface area contributed by atoms with E-state index in [2.05, 4.69) is 14.9 Å². The molecule has 0 aliphatic rings. The Bertz CT molecular complexity index is 375. The summed E-state index contributed by atoms with van der Waals surface area (Å²) < 4.78 is 0.892. The van der Waals surface area contributed by atoms with Gasteiger partial charge < -0.3 is 0 Å². The molecule has 0 bridgehead atoms. The summed E-state index contributed by atoms with van der Waals surface area (Å²) in [6.45, 7) is 0. The molecule has 0 unspecified atom stereocenters. The number of allylic oxidation sites excluding steroid dienone is 1. The standard InChI is InChI=1S/C9H6NO2.2CH3.Sn/c11-6-8(7-12)5-9-3-1-2-4-10-9;;;/h1-4,6-7H;2*1H3;. The number of rotatable bonds is 4. The van der Waals surface area contributed by atoms with Crippen LogP contribution >= 0.6 is 0 Å². The van der Waals surface area contributed by atoms with Crippen LogP contribution in [-0.2, 0) is 9.59 Å². The summed E-state index contributed by atoms with van der Waals surface area (Å²) in [5, 5.41) is 0. The molecule has 1 rings (SSSR count). The molecule has 1 aromatic rings. The maximum absolute atomic E-state index is 10.8. The van der Waals surface area contributed by atoms with Crippen LogP contribution in [0.1, 0.15) is 5.69 Å². The second kappa shape index (κ2) is 5.80. The summed E-state index contributed by atoms with van der Waals surface area (Å²) in [6.07, 6.45) is 2.93. The number of aldehydes is 2. The third kappa shape index (κ3) is 2.99. The van der Waals surface area contributed by atoms with Gasteiger partial charge in [0.1, 0.15) is 0 Å². The SMILES string of the molecule is [CH3][Sn]([CH3])[C](=C(C=O)C=O)c1ccccn1. The predicted octanol–water partition coefficient (Wildman–Crippen LogP) is 1.53. The van der Waals surface area contributed by atoms with Crippen LogP contribution in [0.3, 0.4) is 0 Å². The van der Waals surface area contributed by atoms with Gasteiger partial charge in [0.2, 0.25) is 0 Å². The molecular formula is C11H12NO2Sn. The van der Waals surface area contributed by atoms with Gasteiger partial charge in [0.15, 0.2) is 0 Å². The molecule has 0 aromatic carbocycles. The zero-order valence-electron chi connectivity index (χ0n) is 8.73. The van der Waals surface area contributed by atoms with Crippen molar-refractivity contribution in [3.63, 3.8) is 0 Å². The monoisotopic (exact) mass is 310 g/mol. The summed E-state index contributed by atoms with van der Waals surface area (Å²) in [7, 11) is 0. The van der Waals surface area contributed by atoms with Gasteiger partial charge in [-0.3, -0.25) is 0 Å². The van der Waals surface area contributed by atoms with Gasteiger partial charge in [0.05, 0.1) is 0 Å². The van der Waals surface area contributed by atoms with Crippen LogP contribution < -0.4 is 0 Å². The first-order valence-electron chi connectivity index (χ1n) is 4.57. The number of pyridine rings is 1. The molecule has 1 aromatic heterocycles. The Morgan fingerprint density at radius 3 is 2.33 bits per heavy atom. The van der Waals surface area contributed by atoms with Crippen LogP contribution in [0.2, 0.25) is 9.88 Å². The van der Waals surface area contributed by atoms with Crippen molar-refractivity contribution >= 4 is 35.9 Å². The predicted molar refractivity (Wildman–Crippen MR) is 60.8 cm³/mol. The van der Waals surface area contributed by atoms with Gasteiger partial charge in [0, 0.05) is 0 Å². The second-order valence-corrected chi connectivity index (χ2v) is 10.4. The van der Waals surface area contributed by atoms with E-state index >= 15 is 0 Å². The fraction of sp³-hybridized carbons (Fsp3) is 0.182. The van der Waals surface area contributed by atoms with E-state index < -0.39 is 19.8 Å². The van der Waals surface area contributed by atoms with Gasteiger partial charge in [0.25, 0.3) is 0 Å². The fourth-order valence-electron chi connectivity index (χ4n) is 1.35. The van der Waals surface area contributed by atoms with Crippen molar-refractivity contribution in [3.8, 4) is 0 Å². The summed E-state index contributed by atoms with van der Waals surface area (Å²) in [6, 6.07) is 5.52. The Balaban J connectivity index is 3.32. The normalized spacial score (nSPS) is 9.80. The zero-order chi connectivity index (χ0) is 11.3. The van der Waals surface area contributed by atoms with Gasteiger partial charge in [-0.15, -0.1) is 0 Å². The topological polar surface area (TPSA) is 47.0 Å². The van der Waals surface area contributed by atoms with Crippen LogP contribution in [-0.4, -0.2) is 37.3 Å². The summed E-state index contributed by atoms with van der Waals surface area (Å²) >= 11 is -1.81. The Morgan fingerprint density at radius 2 is 1.93 bits per heavy atom. The van der Waals surface area contributed by atoms with Gasteiger partial charge in [-0.05, 0) is 0 Å². The molecule has 4 heteroatoms. The molecule has 15 heavy (non-hydrogen) atoms. The van der Waals surface area contributed by atoms with Crippen molar-refractivity contribution in [2.75, 3.05) is 0 Å². The van der Waals surface area contributed by atoms with E-state index in [0.717, 1.165) is 9.28 Å². The van der Waals surface area contributed by atoms with E-state index in [0.29, 0.717) is 12.6 Å². The van der Waals surface area contributed by atoms with Crippen molar-refractivity contribution in [2.45, 2.75) is 9.88 Å². The van der Waals surface area contributed by atoms with E-state index in [-0.39, 0.29) is 5.57 Å². The van der Waals surface area contributed by atoms with Gasteiger partial charge >= 0.3 is 96.0 Å². The van der Waals surface area contributed by atoms with Crippen LogP contribution in [0, 0.1) is 0 Å². The molecule has 3 nitrogen and oxygen atoms in total. The van der Waals surface area contributed by atoms with Crippen molar-refractivity contribution in [1.82, 2.24) is 4.98 Å². The van der Waals surface area contributed by atoms with Crippen molar-refractivity contribution in [1.29, 1.82) is 0 Å². The second-order valence-electron chi connectivity index (χ2n) is 3.28. The average molecular weight is 309 g/mol. The molecule has 1 heterocycles. The Morgan fingerprint density at radius 1 is 1.27 bits per heavy atom. The Kier molecular flexibility index (Phi) is 4.68. The number of hydrogen-bond acceptors (Lipinski definition) is 3. The Hall–Kier alpha value is -0.971. The molecule has 0 aliphatic carbocycles. The van der Waals surface area contributed by atoms with Crippen LogP contribution in [0.5, 0.6) is 0 Å². The van der Waals surface area contributed by atoms with Crippen molar-refractivity contribution < 1.29 is 9.59 Å². The van der Waals surface area contributed by atoms with Crippen LogP contribution in [0.4, 0.5) is 0 Å². The van der Waals surface area contributed by atoms with Crippen molar-refractivity contribution in [2.24, 2.45) is 0 Å². The molecule has 0 aliphatic heterocycles. The molecule has 0 spiro atoms. The third-order valence-corrected chi connectivity index (χ3v) is 6.37. The number of carbonyl (C=O) groups excluding carboxylic acids is 2. The van der Waals surface area contributed by atoms with Gasteiger partial charge in [-0.2, -0.15) is 0 Å². The van der Waals surface area contributed by atoms with E-state index in [9.17, 15) is 9.59 Å². The quantitative estimate of drug-likeness (QED) is 0.279. The molecule has 0 N–H and O–H groups in total. The number of carbonyl (C=O) groups is 2. The molecule has 1 radical (unpaired) electrons. The van der Waals surface area contributed by atoms with E-state index in [4.69, 9.17) is 0 Å². The van der Waals surface area contributed by atoms with Gasteiger partial charge in [-0.1, -0.05) is 0 Å². The number of aromatic nitrogens is 1. The summed E-state index contributed by atoms with van der Waals surface area (Å²) in [5.41, 5.74) is 1.03. The molecule has 0 atom stereocenters. The zero-order valence-corrected chi connectivity index (χ0v) is 11.6. The Labute approximate surface area is 96.0 Å². The summed E-state index contributed by atoms with van der Waals surface area (Å²) in [4.78, 5) is 30.0. The molecule has 0 saturated carbocycles. The van der Waals surface area contributed by atoms with Gasteiger partial charge in [-0.25, -0.2) is 0 Å². The first kappa shape index (κ1) is 12.1. The van der Waals surface area contributed by atoms with Crippen molar-refractivity contribution in [3.05, 3.63) is 35.7 Å². The fourth-order valence-corrected chi connectivity index (χ4v) is 5.22. The van der Waals surface area contributed by atoms with Crippen LogP contribution in [0.25, 0.3) is 3.59 Å². The van der Waals surface area contributed by atoms with E-state index in [1.54, 1.807) is 6.20 Å². The minimum absolute atomic E-state index is 0.258. The molecular weight excluding hydrogens is 297 g/mol. The first-order valence-corrected chi connectivity index (χ1v) is 11.7. The number of hydrogen-bond donors (Lipinski definition) is 0. The average Bonchev–Trinajstić information content (AvgIpc) is 2.26.